The van der Waals surface area contributed by atoms with E-state index in [0.717, 1.165) is 6.42 Å². The quantitative estimate of drug-likeness (QED) is 0.582. The fraction of sp³-hybridized carbons (Fsp3) is 0.714. The average Bonchev–Trinajstić information content (AvgIpc) is 3.13. The monoisotopic (exact) mass is 355 g/mol. The molecule has 3 rings (SSSR count). The molecule has 1 fully saturated rings. The minimum atomic E-state index is -1.84. The molecule has 2 heterocycles. The van der Waals surface area contributed by atoms with E-state index >= 15 is 0 Å². The van der Waals surface area contributed by atoms with Crippen molar-refractivity contribution in [3.05, 3.63) is 12.5 Å². The van der Waals surface area contributed by atoms with Gasteiger partial charge in [0.2, 0.25) is 5.72 Å². The lowest BCUT2D eigenvalue weighted by Crippen LogP contribution is -2.57. The number of thioether (sulfide) groups is 1. The highest BCUT2D eigenvalue weighted by Gasteiger charge is 2.63. The van der Waals surface area contributed by atoms with E-state index < -0.39 is 16.8 Å². The lowest BCUT2D eigenvalue weighted by Gasteiger charge is -2.40. The van der Waals surface area contributed by atoms with Gasteiger partial charge in [0, 0.05) is 0 Å². The standard InChI is InChI=1S/C14H21N5O4S/c1-2-7-24-13(21)4-3-11(23-6-5-20)14(13,22)19-12-10(17-18-19)8-15-9-16-12/h8-9,11,20-22H,2-7H2,1H3. The Morgan fingerprint density at radius 3 is 3.04 bits per heavy atom. The van der Waals surface area contributed by atoms with E-state index in [0.29, 0.717) is 29.8 Å². The molecule has 0 spiro atoms. The Labute approximate surface area is 143 Å². The molecule has 3 N–H and O–H groups in total. The van der Waals surface area contributed by atoms with E-state index in [1.807, 2.05) is 6.92 Å². The van der Waals surface area contributed by atoms with Crippen molar-refractivity contribution >= 4 is 22.9 Å². The topological polar surface area (TPSA) is 126 Å². The summed E-state index contributed by atoms with van der Waals surface area (Å²) in [6.07, 6.45) is 3.70. The molecule has 9 nitrogen and oxygen atoms in total. The fourth-order valence-corrected chi connectivity index (χ4v) is 4.26. The molecule has 0 radical (unpaired) electrons. The van der Waals surface area contributed by atoms with E-state index in [9.17, 15) is 10.2 Å². The number of aromatic nitrogens is 5. The number of aliphatic hydroxyl groups is 3. The molecule has 0 aromatic carbocycles. The minimum Gasteiger partial charge on any atom is -0.394 e. The van der Waals surface area contributed by atoms with E-state index in [4.69, 9.17) is 9.84 Å². The van der Waals surface area contributed by atoms with Crippen LogP contribution in [0, 0.1) is 0 Å². The first-order valence-electron chi connectivity index (χ1n) is 7.90. The van der Waals surface area contributed by atoms with Crippen molar-refractivity contribution < 1.29 is 20.1 Å². The van der Waals surface area contributed by atoms with Crippen molar-refractivity contribution in [1.82, 2.24) is 25.0 Å². The summed E-state index contributed by atoms with van der Waals surface area (Å²) in [5, 5.41) is 39.7. The van der Waals surface area contributed by atoms with Gasteiger partial charge in [0.05, 0.1) is 19.4 Å². The van der Waals surface area contributed by atoms with Crippen LogP contribution in [0.25, 0.3) is 11.2 Å². The molecule has 3 atom stereocenters. The zero-order valence-electron chi connectivity index (χ0n) is 13.4. The van der Waals surface area contributed by atoms with Gasteiger partial charge in [0.25, 0.3) is 0 Å². The predicted octanol–water partition coefficient (Wildman–Crippen LogP) is -0.131. The van der Waals surface area contributed by atoms with Crippen molar-refractivity contribution in [1.29, 1.82) is 0 Å². The molecule has 10 heteroatoms. The normalized spacial score (nSPS) is 30.2. The summed E-state index contributed by atoms with van der Waals surface area (Å²) < 4.78 is 6.83. The van der Waals surface area contributed by atoms with Crippen LogP contribution >= 0.6 is 11.8 Å². The summed E-state index contributed by atoms with van der Waals surface area (Å²) in [6, 6.07) is 0. The van der Waals surface area contributed by atoms with Gasteiger partial charge < -0.3 is 20.1 Å². The summed E-state index contributed by atoms with van der Waals surface area (Å²) in [5.41, 5.74) is -1.10. The van der Waals surface area contributed by atoms with Crippen LogP contribution in [0.5, 0.6) is 0 Å². The number of hydrogen-bond acceptors (Lipinski definition) is 9. The molecular weight excluding hydrogens is 334 g/mol. The highest BCUT2D eigenvalue weighted by Crippen LogP contribution is 2.51. The van der Waals surface area contributed by atoms with Crippen molar-refractivity contribution in [2.75, 3.05) is 19.0 Å². The second kappa shape index (κ2) is 6.89. The van der Waals surface area contributed by atoms with Crippen molar-refractivity contribution in [3.63, 3.8) is 0 Å². The van der Waals surface area contributed by atoms with Gasteiger partial charge in [-0.25, -0.2) is 9.97 Å². The largest absolute Gasteiger partial charge is 0.394 e. The average molecular weight is 355 g/mol. The van der Waals surface area contributed by atoms with Gasteiger partial charge >= 0.3 is 0 Å². The van der Waals surface area contributed by atoms with Crippen LogP contribution in [0.2, 0.25) is 0 Å². The molecule has 1 aliphatic rings. The van der Waals surface area contributed by atoms with Gasteiger partial charge in [-0.3, -0.25) is 0 Å². The number of ether oxygens (including phenoxy) is 1. The molecule has 0 aliphatic heterocycles. The first-order chi connectivity index (χ1) is 11.6. The van der Waals surface area contributed by atoms with Crippen molar-refractivity contribution in [3.8, 4) is 0 Å². The summed E-state index contributed by atoms with van der Waals surface area (Å²) in [5.74, 6) is 0.674. The zero-order valence-corrected chi connectivity index (χ0v) is 14.2. The summed E-state index contributed by atoms with van der Waals surface area (Å²) in [7, 11) is 0. The third-order valence-corrected chi connectivity index (χ3v) is 5.76. The van der Waals surface area contributed by atoms with E-state index in [1.54, 1.807) is 0 Å². The Morgan fingerprint density at radius 2 is 2.29 bits per heavy atom. The van der Waals surface area contributed by atoms with Gasteiger partial charge in [0.1, 0.15) is 12.4 Å². The first-order valence-corrected chi connectivity index (χ1v) is 8.88. The Hall–Kier alpha value is -1.33. The summed E-state index contributed by atoms with van der Waals surface area (Å²) in [4.78, 5) is 6.53. The van der Waals surface area contributed by atoms with Crippen LogP contribution in [0.4, 0.5) is 0 Å². The molecule has 2 aromatic rings. The number of hydrogen-bond donors (Lipinski definition) is 3. The Kier molecular flexibility index (Phi) is 5.02. The molecule has 3 unspecified atom stereocenters. The van der Waals surface area contributed by atoms with Crippen LogP contribution in [-0.2, 0) is 10.5 Å². The lowest BCUT2D eigenvalue weighted by atomic mass is 10.1. The molecule has 132 valence electrons. The van der Waals surface area contributed by atoms with Crippen molar-refractivity contribution in [2.45, 2.75) is 42.9 Å². The van der Waals surface area contributed by atoms with Crippen LogP contribution < -0.4 is 0 Å². The molecule has 24 heavy (non-hydrogen) atoms. The molecule has 0 bridgehead atoms. The maximum absolute atomic E-state index is 11.5. The smallest absolute Gasteiger partial charge is 0.226 e. The minimum absolute atomic E-state index is 0.0586. The van der Waals surface area contributed by atoms with Crippen LogP contribution in [0.1, 0.15) is 26.2 Å². The van der Waals surface area contributed by atoms with Gasteiger partial charge in [-0.05, 0) is 25.0 Å². The number of fused-ring (bicyclic) bond motifs is 1. The number of rotatable bonds is 7. The fourth-order valence-electron chi connectivity index (χ4n) is 3.02. The van der Waals surface area contributed by atoms with Gasteiger partial charge in [-0.15, -0.1) is 16.9 Å². The molecule has 1 saturated carbocycles. The van der Waals surface area contributed by atoms with Crippen LogP contribution in [0.3, 0.4) is 0 Å². The maximum atomic E-state index is 11.5. The second-order valence-corrected chi connectivity index (χ2v) is 7.09. The highest BCUT2D eigenvalue weighted by molar-refractivity contribution is 8.00. The van der Waals surface area contributed by atoms with E-state index in [-0.39, 0.29) is 13.2 Å². The third-order valence-electron chi connectivity index (χ3n) is 4.16. The second-order valence-electron chi connectivity index (χ2n) is 5.71. The highest BCUT2D eigenvalue weighted by atomic mass is 32.2. The lowest BCUT2D eigenvalue weighted by molar-refractivity contribution is -0.204. The van der Waals surface area contributed by atoms with Crippen molar-refractivity contribution in [2.24, 2.45) is 0 Å². The molecular formula is C14H21N5O4S. The molecule has 0 amide bonds. The Morgan fingerprint density at radius 1 is 1.46 bits per heavy atom. The van der Waals surface area contributed by atoms with Gasteiger partial charge in [-0.1, -0.05) is 12.1 Å². The number of aliphatic hydroxyl groups excluding tert-OH is 1. The van der Waals surface area contributed by atoms with E-state index in [2.05, 4.69) is 20.3 Å². The van der Waals surface area contributed by atoms with E-state index in [1.165, 1.54) is 29.0 Å². The first kappa shape index (κ1) is 17.5. The third kappa shape index (κ3) is 2.68. The van der Waals surface area contributed by atoms with Gasteiger partial charge in [0.15, 0.2) is 16.1 Å². The number of nitrogens with zero attached hydrogens (tertiary/aromatic N) is 5. The Bertz CT molecular complexity index is 701. The zero-order chi connectivity index (χ0) is 17.2. The maximum Gasteiger partial charge on any atom is 0.226 e. The molecule has 1 aliphatic carbocycles. The molecule has 0 saturated heterocycles. The predicted molar refractivity (Wildman–Crippen MR) is 87.1 cm³/mol. The summed E-state index contributed by atoms with van der Waals surface area (Å²) >= 11 is 1.27. The summed E-state index contributed by atoms with van der Waals surface area (Å²) in [6.45, 7) is 1.89. The van der Waals surface area contributed by atoms with Crippen LogP contribution in [0.15, 0.2) is 12.5 Å². The SMILES string of the molecule is CCCSC1(O)CCC(OCCO)C1(O)n1nnc2cncnc21. The van der Waals surface area contributed by atoms with Crippen LogP contribution in [-0.4, -0.2) is 70.3 Å². The molecule has 2 aromatic heterocycles. The van der Waals surface area contributed by atoms with Gasteiger partial charge in [-0.2, -0.15) is 4.68 Å². The Balaban J connectivity index is 2.07.